The number of ether oxygens (including phenoxy) is 1. The van der Waals surface area contributed by atoms with Crippen molar-refractivity contribution in [2.24, 2.45) is 5.73 Å². The van der Waals surface area contributed by atoms with Crippen molar-refractivity contribution < 1.29 is 9.15 Å². The van der Waals surface area contributed by atoms with Crippen molar-refractivity contribution in [3.8, 4) is 5.75 Å². The minimum absolute atomic E-state index is 0.285. The maximum atomic E-state index is 5.64. The molecule has 3 N–H and O–H groups in total. The van der Waals surface area contributed by atoms with Crippen molar-refractivity contribution in [3.63, 3.8) is 0 Å². The minimum atomic E-state index is -0.285. The Kier molecular flexibility index (Phi) is 3.83. The molecule has 0 spiro atoms. The number of anilines is 2. The van der Waals surface area contributed by atoms with Crippen LogP contribution in [-0.4, -0.2) is 17.3 Å². The van der Waals surface area contributed by atoms with Crippen LogP contribution in [0.25, 0.3) is 0 Å². The fourth-order valence-corrected chi connectivity index (χ4v) is 1.74. The van der Waals surface area contributed by atoms with Gasteiger partial charge in [0.25, 0.3) is 0 Å². The van der Waals surface area contributed by atoms with Crippen LogP contribution in [0, 0.1) is 0 Å². The maximum absolute atomic E-state index is 5.64. The topological polar surface area (TPSA) is 86.2 Å². The molecule has 96 valence electrons. The lowest BCUT2D eigenvalue weighted by atomic mass is 10.3. The largest absolute Gasteiger partial charge is 0.495 e. The number of methoxy groups -OCH3 is 1. The second kappa shape index (κ2) is 5.36. The molecule has 0 aliphatic heterocycles. The average Bonchev–Trinajstić information content (AvgIpc) is 2.80. The molecule has 18 heavy (non-hydrogen) atoms. The highest BCUT2D eigenvalue weighted by atomic mass is 79.9. The van der Waals surface area contributed by atoms with Crippen LogP contribution in [0.15, 0.2) is 27.1 Å². The lowest BCUT2D eigenvalue weighted by molar-refractivity contribution is 0.412. The summed E-state index contributed by atoms with van der Waals surface area (Å²) in [5, 5.41) is 10.7. The summed E-state index contributed by atoms with van der Waals surface area (Å²) in [7, 11) is 1.60. The number of hydrogen-bond acceptors (Lipinski definition) is 6. The molecular formula is C11H13BrN4O2. The Labute approximate surface area is 113 Å². The summed E-state index contributed by atoms with van der Waals surface area (Å²) in [5.74, 6) is 1.11. The number of rotatable bonds is 4. The van der Waals surface area contributed by atoms with E-state index in [4.69, 9.17) is 14.9 Å². The average molecular weight is 313 g/mol. The number of halogens is 1. The summed E-state index contributed by atoms with van der Waals surface area (Å²) in [6, 6.07) is 5.56. The fourth-order valence-electron chi connectivity index (χ4n) is 1.33. The lowest BCUT2D eigenvalue weighted by Gasteiger charge is -2.06. The quantitative estimate of drug-likeness (QED) is 0.902. The molecule has 0 radical (unpaired) electrons. The van der Waals surface area contributed by atoms with E-state index in [0.29, 0.717) is 17.7 Å². The van der Waals surface area contributed by atoms with E-state index in [0.717, 1.165) is 10.2 Å². The van der Waals surface area contributed by atoms with E-state index < -0.39 is 0 Å². The second-order valence-corrected chi connectivity index (χ2v) is 4.56. The molecule has 0 fully saturated rings. The molecule has 2 aromatic rings. The number of nitrogens with zero attached hydrogens (tertiary/aromatic N) is 2. The zero-order chi connectivity index (χ0) is 13.1. The number of nitrogens with one attached hydrogen (secondary N) is 1. The van der Waals surface area contributed by atoms with Crippen LogP contribution in [0.5, 0.6) is 5.75 Å². The third-order valence-corrected chi connectivity index (χ3v) is 2.89. The van der Waals surface area contributed by atoms with Gasteiger partial charge in [-0.2, -0.15) is 0 Å². The van der Waals surface area contributed by atoms with Gasteiger partial charge in [0.1, 0.15) is 5.75 Å². The molecule has 0 aliphatic rings. The third-order valence-electron chi connectivity index (χ3n) is 2.23. The summed E-state index contributed by atoms with van der Waals surface area (Å²) >= 11 is 3.38. The molecule has 6 nitrogen and oxygen atoms in total. The second-order valence-electron chi connectivity index (χ2n) is 3.71. The van der Waals surface area contributed by atoms with Crippen LogP contribution in [-0.2, 0) is 0 Å². The molecule has 0 amide bonds. The molecule has 1 unspecified atom stereocenters. The maximum Gasteiger partial charge on any atom is 0.320 e. The molecule has 1 heterocycles. The molecule has 0 saturated carbocycles. The Bertz CT molecular complexity index is 542. The normalized spacial score (nSPS) is 12.2. The van der Waals surface area contributed by atoms with Crippen molar-refractivity contribution in [1.29, 1.82) is 0 Å². The van der Waals surface area contributed by atoms with Gasteiger partial charge in [0.05, 0.1) is 17.6 Å². The van der Waals surface area contributed by atoms with E-state index >= 15 is 0 Å². The molecule has 7 heteroatoms. The monoisotopic (exact) mass is 312 g/mol. The highest BCUT2D eigenvalue weighted by molar-refractivity contribution is 9.10. The predicted octanol–water partition coefficient (Wildman–Crippen LogP) is 2.60. The number of benzene rings is 1. The lowest BCUT2D eigenvalue weighted by Crippen LogP contribution is -2.04. The first kappa shape index (κ1) is 12.8. The van der Waals surface area contributed by atoms with E-state index in [1.807, 2.05) is 18.2 Å². The van der Waals surface area contributed by atoms with Gasteiger partial charge in [0.15, 0.2) is 0 Å². The van der Waals surface area contributed by atoms with Crippen LogP contribution in [0.3, 0.4) is 0 Å². The summed E-state index contributed by atoms with van der Waals surface area (Å²) in [5.41, 5.74) is 6.42. The zero-order valence-corrected chi connectivity index (χ0v) is 11.6. The van der Waals surface area contributed by atoms with E-state index in [-0.39, 0.29) is 6.04 Å². The molecule has 0 aliphatic carbocycles. The Hall–Kier alpha value is -1.60. The Balaban J connectivity index is 2.17. The summed E-state index contributed by atoms with van der Waals surface area (Å²) < 4.78 is 11.4. The summed E-state index contributed by atoms with van der Waals surface area (Å²) in [6.07, 6.45) is 0. The van der Waals surface area contributed by atoms with Gasteiger partial charge in [-0.25, -0.2) is 0 Å². The number of aromatic nitrogens is 2. The van der Waals surface area contributed by atoms with Gasteiger partial charge in [0.2, 0.25) is 5.89 Å². The van der Waals surface area contributed by atoms with Crippen molar-refractivity contribution in [2.45, 2.75) is 13.0 Å². The molecule has 1 atom stereocenters. The van der Waals surface area contributed by atoms with Gasteiger partial charge in [-0.15, -0.1) is 5.10 Å². The van der Waals surface area contributed by atoms with E-state index in [1.54, 1.807) is 14.0 Å². The number of hydrogen-bond donors (Lipinski definition) is 2. The minimum Gasteiger partial charge on any atom is -0.495 e. The Morgan fingerprint density at radius 1 is 1.44 bits per heavy atom. The van der Waals surface area contributed by atoms with Crippen LogP contribution < -0.4 is 15.8 Å². The van der Waals surface area contributed by atoms with Gasteiger partial charge in [-0.05, 0) is 35.0 Å². The standard InChI is InChI=1S/C11H13BrN4O2/c1-6(13)10-15-16-11(18-10)14-7-3-4-8(12)9(5-7)17-2/h3-6H,13H2,1-2H3,(H,14,16). The van der Waals surface area contributed by atoms with Crippen molar-refractivity contribution in [3.05, 3.63) is 28.6 Å². The van der Waals surface area contributed by atoms with E-state index in [1.165, 1.54) is 0 Å². The van der Waals surface area contributed by atoms with Crippen molar-refractivity contribution in [2.75, 3.05) is 12.4 Å². The first-order valence-electron chi connectivity index (χ1n) is 5.29. The SMILES string of the molecule is COc1cc(Nc2nnc(C(C)N)o2)ccc1Br. The molecule has 1 aromatic carbocycles. The van der Waals surface area contributed by atoms with Crippen molar-refractivity contribution >= 4 is 27.6 Å². The van der Waals surface area contributed by atoms with Gasteiger partial charge in [-0.3, -0.25) is 0 Å². The molecule has 2 rings (SSSR count). The van der Waals surface area contributed by atoms with Crippen LogP contribution in [0.1, 0.15) is 18.9 Å². The smallest absolute Gasteiger partial charge is 0.320 e. The molecule has 1 aromatic heterocycles. The highest BCUT2D eigenvalue weighted by Crippen LogP contribution is 2.29. The number of nitrogens with two attached hydrogens (primary N) is 1. The molecule has 0 saturated heterocycles. The summed E-state index contributed by atoms with van der Waals surface area (Å²) in [6.45, 7) is 1.78. The van der Waals surface area contributed by atoms with Crippen molar-refractivity contribution in [1.82, 2.24) is 10.2 Å². The first-order valence-corrected chi connectivity index (χ1v) is 6.09. The first-order chi connectivity index (χ1) is 8.60. The molecular weight excluding hydrogens is 300 g/mol. The third kappa shape index (κ3) is 2.80. The summed E-state index contributed by atoms with van der Waals surface area (Å²) in [4.78, 5) is 0. The Morgan fingerprint density at radius 2 is 2.22 bits per heavy atom. The Morgan fingerprint density at radius 3 is 2.83 bits per heavy atom. The van der Waals surface area contributed by atoms with Crippen LogP contribution in [0.2, 0.25) is 0 Å². The van der Waals surface area contributed by atoms with Crippen LogP contribution in [0.4, 0.5) is 11.7 Å². The van der Waals surface area contributed by atoms with Gasteiger partial charge in [-0.1, -0.05) is 5.10 Å². The van der Waals surface area contributed by atoms with E-state index in [9.17, 15) is 0 Å². The predicted molar refractivity (Wildman–Crippen MR) is 70.9 cm³/mol. The fraction of sp³-hybridized carbons (Fsp3) is 0.273. The van der Waals surface area contributed by atoms with Gasteiger partial charge in [0, 0.05) is 11.8 Å². The van der Waals surface area contributed by atoms with E-state index in [2.05, 4.69) is 31.4 Å². The highest BCUT2D eigenvalue weighted by Gasteiger charge is 2.10. The zero-order valence-electron chi connectivity index (χ0n) is 9.98. The van der Waals surface area contributed by atoms with Gasteiger partial charge < -0.3 is 20.2 Å². The van der Waals surface area contributed by atoms with Crippen LogP contribution >= 0.6 is 15.9 Å². The van der Waals surface area contributed by atoms with Gasteiger partial charge >= 0.3 is 6.01 Å². The molecule has 0 bridgehead atoms.